The molecule has 2 aliphatic heterocycles. The number of hydrogen-bond donors (Lipinski definition) is 2. The van der Waals surface area contributed by atoms with Crippen LogP contribution < -0.4 is 10.6 Å². The molecule has 1 unspecified atom stereocenters. The van der Waals surface area contributed by atoms with Gasteiger partial charge in [-0.1, -0.05) is 23.2 Å². The summed E-state index contributed by atoms with van der Waals surface area (Å²) in [5.41, 5.74) is 0.353. The second-order valence-electron chi connectivity index (χ2n) is 6.31. The number of hydrogen-bond acceptors (Lipinski definition) is 3. The van der Waals surface area contributed by atoms with E-state index in [4.69, 9.17) is 23.2 Å². The van der Waals surface area contributed by atoms with Crippen molar-refractivity contribution in [3.8, 4) is 0 Å². The summed E-state index contributed by atoms with van der Waals surface area (Å²) in [4.78, 5) is 27.1. The molecule has 2 fully saturated rings. The van der Waals surface area contributed by atoms with Crippen molar-refractivity contribution in [2.45, 2.75) is 37.8 Å². The van der Waals surface area contributed by atoms with Gasteiger partial charge in [0.1, 0.15) is 6.04 Å². The first-order chi connectivity index (χ1) is 11.6. The lowest BCUT2D eigenvalue weighted by Gasteiger charge is -2.28. The minimum atomic E-state index is -0.428. The van der Waals surface area contributed by atoms with E-state index in [-0.39, 0.29) is 17.9 Å². The first-order valence-electron chi connectivity index (χ1n) is 8.33. The monoisotopic (exact) mass is 369 g/mol. The second-order valence-corrected chi connectivity index (χ2v) is 7.16. The molecule has 1 aromatic rings. The van der Waals surface area contributed by atoms with Crippen LogP contribution in [0.5, 0.6) is 0 Å². The number of benzene rings is 1. The third kappa shape index (κ3) is 3.85. The van der Waals surface area contributed by atoms with Crippen LogP contribution in [-0.2, 0) is 4.79 Å². The Labute approximate surface area is 151 Å². The number of piperidine rings is 1. The van der Waals surface area contributed by atoms with E-state index in [0.717, 1.165) is 32.4 Å². The second kappa shape index (κ2) is 7.72. The van der Waals surface area contributed by atoms with E-state index in [1.54, 1.807) is 23.1 Å². The van der Waals surface area contributed by atoms with Gasteiger partial charge in [0.15, 0.2) is 0 Å². The maximum Gasteiger partial charge on any atom is 0.256 e. The Morgan fingerprint density at radius 1 is 1.17 bits per heavy atom. The maximum atomic E-state index is 12.8. The number of nitrogens with zero attached hydrogens (tertiary/aromatic N) is 1. The molecule has 5 nitrogen and oxygen atoms in total. The van der Waals surface area contributed by atoms with Gasteiger partial charge in [-0.3, -0.25) is 9.59 Å². The van der Waals surface area contributed by atoms with Gasteiger partial charge in [-0.05, 0) is 57.0 Å². The van der Waals surface area contributed by atoms with Gasteiger partial charge in [0.05, 0.1) is 10.6 Å². The van der Waals surface area contributed by atoms with Gasteiger partial charge in [0.2, 0.25) is 5.91 Å². The van der Waals surface area contributed by atoms with Crippen molar-refractivity contribution in [3.05, 3.63) is 33.8 Å². The van der Waals surface area contributed by atoms with E-state index < -0.39 is 6.04 Å². The highest BCUT2D eigenvalue weighted by atomic mass is 35.5. The molecule has 2 heterocycles. The van der Waals surface area contributed by atoms with Gasteiger partial charge < -0.3 is 15.5 Å². The van der Waals surface area contributed by atoms with E-state index in [9.17, 15) is 9.59 Å². The highest BCUT2D eigenvalue weighted by Gasteiger charge is 2.36. The molecule has 0 aliphatic carbocycles. The molecule has 0 bridgehead atoms. The number of rotatable bonds is 3. The summed E-state index contributed by atoms with van der Waals surface area (Å²) in [6.07, 6.45) is 3.34. The zero-order valence-electron chi connectivity index (χ0n) is 13.4. The zero-order chi connectivity index (χ0) is 17.1. The molecule has 0 saturated carbocycles. The average Bonchev–Trinajstić information content (AvgIpc) is 3.07. The van der Waals surface area contributed by atoms with Crippen molar-refractivity contribution in [2.24, 2.45) is 0 Å². The molecule has 2 N–H and O–H groups in total. The SMILES string of the molecule is O=C(NC1CCNCC1)C1CCCN1C(=O)c1cc(Cl)ccc1Cl. The van der Waals surface area contributed by atoms with Crippen LogP contribution in [0, 0.1) is 0 Å². The molecule has 2 aliphatic rings. The number of likely N-dealkylation sites (tertiary alicyclic amines) is 1. The molecule has 2 amide bonds. The lowest BCUT2D eigenvalue weighted by molar-refractivity contribution is -0.125. The van der Waals surface area contributed by atoms with Crippen LogP contribution in [0.3, 0.4) is 0 Å². The van der Waals surface area contributed by atoms with Crippen LogP contribution in [0.4, 0.5) is 0 Å². The van der Waals surface area contributed by atoms with Gasteiger partial charge in [0, 0.05) is 17.6 Å². The summed E-state index contributed by atoms with van der Waals surface area (Å²) in [5, 5.41) is 7.18. The summed E-state index contributed by atoms with van der Waals surface area (Å²) in [6, 6.07) is 4.57. The molecular formula is C17H21Cl2N3O2. The van der Waals surface area contributed by atoms with Crippen LogP contribution >= 0.6 is 23.2 Å². The third-order valence-electron chi connectivity index (χ3n) is 4.66. The van der Waals surface area contributed by atoms with E-state index in [2.05, 4.69) is 10.6 Å². The third-order valence-corrected chi connectivity index (χ3v) is 5.23. The first kappa shape index (κ1) is 17.5. The van der Waals surface area contributed by atoms with Gasteiger partial charge >= 0.3 is 0 Å². The first-order valence-corrected chi connectivity index (χ1v) is 9.09. The molecule has 0 spiro atoms. The number of halogens is 2. The summed E-state index contributed by atoms with van der Waals surface area (Å²) in [5.74, 6) is -0.295. The van der Waals surface area contributed by atoms with Crippen molar-refractivity contribution < 1.29 is 9.59 Å². The van der Waals surface area contributed by atoms with E-state index in [1.165, 1.54) is 0 Å². The van der Waals surface area contributed by atoms with Crippen LogP contribution in [-0.4, -0.2) is 48.4 Å². The molecule has 0 aromatic heterocycles. The van der Waals surface area contributed by atoms with Crippen molar-refractivity contribution >= 4 is 35.0 Å². The molecule has 130 valence electrons. The number of carbonyl (C=O) groups excluding carboxylic acids is 2. The molecule has 2 saturated heterocycles. The molecule has 0 radical (unpaired) electrons. The van der Waals surface area contributed by atoms with Gasteiger partial charge in [-0.15, -0.1) is 0 Å². The van der Waals surface area contributed by atoms with Gasteiger partial charge in [-0.25, -0.2) is 0 Å². The highest BCUT2D eigenvalue weighted by Crippen LogP contribution is 2.26. The van der Waals surface area contributed by atoms with Crippen molar-refractivity contribution in [1.29, 1.82) is 0 Å². The van der Waals surface area contributed by atoms with Crippen molar-refractivity contribution in [3.63, 3.8) is 0 Å². The topological polar surface area (TPSA) is 61.4 Å². The fourth-order valence-corrected chi connectivity index (χ4v) is 3.73. The van der Waals surface area contributed by atoms with E-state index in [1.807, 2.05) is 0 Å². The normalized spacial score (nSPS) is 21.8. The summed E-state index contributed by atoms with van der Waals surface area (Å²) >= 11 is 12.1. The Hall–Kier alpha value is -1.30. The highest BCUT2D eigenvalue weighted by molar-refractivity contribution is 6.35. The molecule has 3 rings (SSSR count). The summed E-state index contributed by atoms with van der Waals surface area (Å²) < 4.78 is 0. The zero-order valence-corrected chi connectivity index (χ0v) is 14.9. The average molecular weight is 370 g/mol. The smallest absolute Gasteiger partial charge is 0.256 e. The minimum Gasteiger partial charge on any atom is -0.351 e. The predicted molar refractivity (Wildman–Crippen MR) is 94.6 cm³/mol. The van der Waals surface area contributed by atoms with Crippen LogP contribution in [0.2, 0.25) is 10.0 Å². The van der Waals surface area contributed by atoms with E-state index >= 15 is 0 Å². The van der Waals surface area contributed by atoms with Gasteiger partial charge in [0.25, 0.3) is 5.91 Å². The Balaban J connectivity index is 1.71. The minimum absolute atomic E-state index is 0.0640. The molecule has 24 heavy (non-hydrogen) atoms. The Bertz CT molecular complexity index is 632. The van der Waals surface area contributed by atoms with Crippen molar-refractivity contribution in [1.82, 2.24) is 15.5 Å². The van der Waals surface area contributed by atoms with Crippen molar-refractivity contribution in [2.75, 3.05) is 19.6 Å². The fraction of sp³-hybridized carbons (Fsp3) is 0.529. The lowest BCUT2D eigenvalue weighted by Crippen LogP contribution is -2.51. The Morgan fingerprint density at radius 3 is 2.67 bits per heavy atom. The van der Waals surface area contributed by atoms with Crippen LogP contribution in [0.1, 0.15) is 36.0 Å². The van der Waals surface area contributed by atoms with Gasteiger partial charge in [-0.2, -0.15) is 0 Å². The quantitative estimate of drug-likeness (QED) is 0.860. The molecule has 1 aromatic carbocycles. The fourth-order valence-electron chi connectivity index (χ4n) is 3.36. The Morgan fingerprint density at radius 2 is 1.92 bits per heavy atom. The maximum absolute atomic E-state index is 12.8. The standard InChI is InChI=1S/C17H21Cl2N3O2/c18-11-3-4-14(19)13(10-11)17(24)22-9-1-2-15(22)16(23)21-12-5-7-20-8-6-12/h3-4,10,12,15,20H,1-2,5-9H2,(H,21,23). The number of amides is 2. The number of nitrogens with one attached hydrogen (secondary N) is 2. The molecule has 1 atom stereocenters. The number of carbonyl (C=O) groups is 2. The van der Waals surface area contributed by atoms with E-state index in [0.29, 0.717) is 28.6 Å². The Kier molecular flexibility index (Phi) is 5.64. The van der Waals surface area contributed by atoms with Crippen LogP contribution in [0.25, 0.3) is 0 Å². The molecule has 7 heteroatoms. The lowest BCUT2D eigenvalue weighted by atomic mass is 10.1. The summed E-state index contributed by atoms with van der Waals surface area (Å²) in [7, 11) is 0. The summed E-state index contributed by atoms with van der Waals surface area (Å²) in [6.45, 7) is 2.39. The largest absolute Gasteiger partial charge is 0.351 e. The van der Waals surface area contributed by atoms with Crippen LogP contribution in [0.15, 0.2) is 18.2 Å². The predicted octanol–water partition coefficient (Wildman–Crippen LogP) is 2.47. The molecular weight excluding hydrogens is 349 g/mol.